The number of carbonyl (C=O) groups is 1. The van der Waals surface area contributed by atoms with Crippen LogP contribution in [0.1, 0.15) is 51.8 Å². The number of amides is 1. The normalized spacial score (nSPS) is 21.1. The average molecular weight is 356 g/mol. The van der Waals surface area contributed by atoms with Crippen LogP contribution < -0.4 is 0 Å². The number of nitrogens with zero attached hydrogens (tertiary/aromatic N) is 2. The van der Waals surface area contributed by atoms with Crippen molar-refractivity contribution in [3.63, 3.8) is 0 Å². The van der Waals surface area contributed by atoms with Gasteiger partial charge < -0.3 is 10.0 Å². The molecule has 2 aromatic rings. The molecule has 4 nitrogen and oxygen atoms in total. The molecule has 0 bridgehead atoms. The highest BCUT2D eigenvalue weighted by Gasteiger charge is 2.29. The van der Waals surface area contributed by atoms with Crippen LogP contribution in [-0.2, 0) is 6.54 Å². The molecule has 2 saturated heterocycles. The second-order valence-electron chi connectivity index (χ2n) is 7.00. The van der Waals surface area contributed by atoms with Crippen LogP contribution in [-0.4, -0.2) is 40.4 Å². The number of likely N-dealkylation sites (tertiary alicyclic amines) is 2. The molecule has 4 rings (SSSR count). The lowest BCUT2D eigenvalue weighted by atomic mass is 10.1. The van der Waals surface area contributed by atoms with Crippen molar-refractivity contribution in [2.45, 2.75) is 38.3 Å². The maximum absolute atomic E-state index is 12.6. The predicted molar refractivity (Wildman–Crippen MR) is 99.9 cm³/mol. The molecule has 1 N–H and O–H groups in total. The van der Waals surface area contributed by atoms with Gasteiger partial charge in [0.1, 0.15) is 5.75 Å². The lowest BCUT2D eigenvalue weighted by Crippen LogP contribution is -2.26. The number of aromatic hydroxyl groups is 1. The quantitative estimate of drug-likeness (QED) is 0.900. The van der Waals surface area contributed by atoms with Crippen LogP contribution in [0.3, 0.4) is 0 Å². The monoisotopic (exact) mass is 356 g/mol. The minimum Gasteiger partial charge on any atom is -0.508 e. The summed E-state index contributed by atoms with van der Waals surface area (Å²) in [4.78, 5) is 19.2. The van der Waals surface area contributed by atoms with Crippen LogP contribution in [0.15, 0.2) is 36.4 Å². The van der Waals surface area contributed by atoms with E-state index >= 15 is 0 Å². The predicted octanol–water partition coefficient (Wildman–Crippen LogP) is 4.03. The third kappa shape index (κ3) is 3.58. The zero-order chi connectivity index (χ0) is 17.2. The first kappa shape index (κ1) is 16.6. The summed E-state index contributed by atoms with van der Waals surface area (Å²) in [6.45, 7) is 3.78. The highest BCUT2D eigenvalue weighted by atomic mass is 32.1. The minimum absolute atomic E-state index is 0.205. The zero-order valence-electron chi connectivity index (χ0n) is 14.4. The van der Waals surface area contributed by atoms with Gasteiger partial charge in [0, 0.05) is 30.6 Å². The summed E-state index contributed by atoms with van der Waals surface area (Å²) in [5.41, 5.74) is 1.22. The molecule has 1 aromatic heterocycles. The van der Waals surface area contributed by atoms with Crippen molar-refractivity contribution in [3.8, 4) is 5.75 Å². The molecule has 0 aliphatic carbocycles. The second-order valence-corrected chi connectivity index (χ2v) is 8.11. The lowest BCUT2D eigenvalue weighted by Gasteiger charge is -2.23. The Bertz CT molecular complexity index is 734. The fourth-order valence-electron chi connectivity index (χ4n) is 3.90. The summed E-state index contributed by atoms with van der Waals surface area (Å²) in [7, 11) is 0. The number of thiophene rings is 1. The van der Waals surface area contributed by atoms with Crippen molar-refractivity contribution < 1.29 is 9.90 Å². The Labute approximate surface area is 152 Å². The van der Waals surface area contributed by atoms with Gasteiger partial charge in [-0.25, -0.2) is 0 Å². The Morgan fingerprint density at radius 2 is 1.80 bits per heavy atom. The molecule has 1 amide bonds. The number of phenols is 1. The summed E-state index contributed by atoms with van der Waals surface area (Å²) in [5, 5.41) is 9.44. The maximum atomic E-state index is 12.6. The van der Waals surface area contributed by atoms with E-state index in [4.69, 9.17) is 0 Å². The summed E-state index contributed by atoms with van der Waals surface area (Å²) in [5.74, 6) is 0.516. The molecule has 25 heavy (non-hydrogen) atoms. The molecule has 2 aliphatic heterocycles. The number of benzene rings is 1. The van der Waals surface area contributed by atoms with E-state index in [2.05, 4.69) is 11.0 Å². The van der Waals surface area contributed by atoms with Gasteiger partial charge in [-0.2, -0.15) is 0 Å². The molecule has 0 radical (unpaired) electrons. The number of carbonyl (C=O) groups excluding carboxylic acids is 1. The van der Waals surface area contributed by atoms with Crippen LogP contribution in [0.4, 0.5) is 0 Å². The van der Waals surface area contributed by atoms with Gasteiger partial charge in [0.25, 0.3) is 5.91 Å². The first-order chi connectivity index (χ1) is 12.2. The van der Waals surface area contributed by atoms with E-state index in [1.165, 1.54) is 16.9 Å². The van der Waals surface area contributed by atoms with E-state index in [1.54, 1.807) is 23.5 Å². The first-order valence-corrected chi connectivity index (χ1v) is 9.93. The van der Waals surface area contributed by atoms with E-state index in [-0.39, 0.29) is 5.91 Å². The van der Waals surface area contributed by atoms with Crippen molar-refractivity contribution >= 4 is 17.2 Å². The molecule has 5 heteroatoms. The van der Waals surface area contributed by atoms with Gasteiger partial charge in [0.2, 0.25) is 0 Å². The van der Waals surface area contributed by atoms with Crippen LogP contribution in [0.5, 0.6) is 5.75 Å². The van der Waals surface area contributed by atoms with Crippen molar-refractivity contribution in [1.82, 2.24) is 9.80 Å². The third-order valence-corrected chi connectivity index (χ3v) is 6.42. The van der Waals surface area contributed by atoms with Gasteiger partial charge >= 0.3 is 0 Å². The summed E-state index contributed by atoms with van der Waals surface area (Å²) >= 11 is 1.67. The van der Waals surface area contributed by atoms with Gasteiger partial charge in [-0.3, -0.25) is 9.69 Å². The third-order valence-electron chi connectivity index (χ3n) is 5.24. The van der Waals surface area contributed by atoms with Gasteiger partial charge in [0.15, 0.2) is 0 Å². The second kappa shape index (κ2) is 7.18. The molecule has 0 spiro atoms. The molecular formula is C20H24N2O2S. The molecule has 132 valence electrons. The summed E-state index contributed by atoms with van der Waals surface area (Å²) in [6, 6.07) is 12.0. The molecule has 1 aromatic carbocycles. The molecular weight excluding hydrogens is 332 g/mol. The molecule has 1 atom stereocenters. The Kier molecular flexibility index (Phi) is 4.77. The smallest absolute Gasteiger partial charge is 0.263 e. The largest absolute Gasteiger partial charge is 0.508 e. The standard InChI is InChI=1S/C20H24N2O2S/c23-16-7-5-15(6-8-16)14-22-13-3-4-17(22)18-9-10-19(25-18)20(24)21-11-1-2-12-21/h5-10,17,23H,1-4,11-14H2. The zero-order valence-corrected chi connectivity index (χ0v) is 15.2. The van der Waals surface area contributed by atoms with E-state index in [9.17, 15) is 9.90 Å². The minimum atomic E-state index is 0.205. The first-order valence-electron chi connectivity index (χ1n) is 9.12. The van der Waals surface area contributed by atoms with Gasteiger partial charge in [-0.15, -0.1) is 11.3 Å². The molecule has 1 unspecified atom stereocenters. The average Bonchev–Trinajstić information content (AvgIpc) is 3.37. The van der Waals surface area contributed by atoms with Gasteiger partial charge in [-0.1, -0.05) is 12.1 Å². The number of hydrogen-bond acceptors (Lipinski definition) is 4. The van der Waals surface area contributed by atoms with E-state index in [0.717, 1.165) is 50.3 Å². The van der Waals surface area contributed by atoms with E-state index in [1.807, 2.05) is 23.1 Å². The topological polar surface area (TPSA) is 43.8 Å². The van der Waals surface area contributed by atoms with Gasteiger partial charge in [0.05, 0.1) is 4.88 Å². The van der Waals surface area contributed by atoms with Crippen LogP contribution in [0.2, 0.25) is 0 Å². The SMILES string of the molecule is O=C(c1ccc(C2CCCN2Cc2ccc(O)cc2)s1)N1CCCC1. The summed E-state index contributed by atoms with van der Waals surface area (Å²) < 4.78 is 0. The Morgan fingerprint density at radius 3 is 2.56 bits per heavy atom. The Hall–Kier alpha value is -1.85. The molecule has 0 saturated carbocycles. The van der Waals surface area contributed by atoms with Crippen molar-refractivity contribution in [2.75, 3.05) is 19.6 Å². The Balaban J connectivity index is 1.46. The highest BCUT2D eigenvalue weighted by molar-refractivity contribution is 7.14. The van der Waals surface area contributed by atoms with Crippen molar-refractivity contribution in [3.05, 3.63) is 51.7 Å². The van der Waals surface area contributed by atoms with Crippen LogP contribution >= 0.6 is 11.3 Å². The fraction of sp³-hybridized carbons (Fsp3) is 0.450. The molecule has 2 aliphatic rings. The Morgan fingerprint density at radius 1 is 1.04 bits per heavy atom. The maximum Gasteiger partial charge on any atom is 0.263 e. The highest BCUT2D eigenvalue weighted by Crippen LogP contribution is 2.37. The van der Waals surface area contributed by atoms with E-state index < -0.39 is 0 Å². The number of hydrogen-bond donors (Lipinski definition) is 1. The van der Waals surface area contributed by atoms with Crippen molar-refractivity contribution in [1.29, 1.82) is 0 Å². The number of phenolic OH excluding ortho intramolecular Hbond substituents is 1. The van der Waals surface area contributed by atoms with Crippen LogP contribution in [0, 0.1) is 0 Å². The lowest BCUT2D eigenvalue weighted by molar-refractivity contribution is 0.0797. The number of rotatable bonds is 4. The van der Waals surface area contributed by atoms with Gasteiger partial charge in [-0.05, 0) is 62.1 Å². The van der Waals surface area contributed by atoms with Crippen molar-refractivity contribution in [2.24, 2.45) is 0 Å². The molecule has 3 heterocycles. The van der Waals surface area contributed by atoms with Crippen LogP contribution in [0.25, 0.3) is 0 Å². The molecule has 2 fully saturated rings. The summed E-state index contributed by atoms with van der Waals surface area (Å²) in [6.07, 6.45) is 4.60. The fourth-order valence-corrected chi connectivity index (χ4v) is 5.04. The van der Waals surface area contributed by atoms with E-state index in [0.29, 0.717) is 11.8 Å².